The maximum Gasteiger partial charge on any atom is 0.0796 e. The molecule has 0 atom stereocenters. The summed E-state index contributed by atoms with van der Waals surface area (Å²) >= 11 is 0. The van der Waals surface area contributed by atoms with Gasteiger partial charge in [0.1, 0.15) is 0 Å². The molecule has 0 spiro atoms. The first-order valence-corrected chi connectivity index (χ1v) is 4.45. The van der Waals surface area contributed by atoms with Gasteiger partial charge in [0.05, 0.1) is 11.0 Å². The van der Waals surface area contributed by atoms with Crippen LogP contribution < -0.4 is 0 Å². The van der Waals surface area contributed by atoms with E-state index in [0.717, 1.165) is 21.8 Å². The van der Waals surface area contributed by atoms with E-state index < -0.39 is 0 Å². The first-order chi connectivity index (χ1) is 6.95. The van der Waals surface area contributed by atoms with Crippen molar-refractivity contribution in [1.29, 1.82) is 0 Å². The third-order valence-electron chi connectivity index (χ3n) is 2.29. The van der Waals surface area contributed by atoms with Crippen molar-refractivity contribution in [3.63, 3.8) is 0 Å². The fourth-order valence-electron chi connectivity index (χ4n) is 1.64. The highest BCUT2D eigenvalue weighted by molar-refractivity contribution is 6.03. The molecule has 0 amide bonds. The topological polar surface area (TPSA) is 25.8 Å². The molecule has 14 heavy (non-hydrogen) atoms. The first-order valence-electron chi connectivity index (χ1n) is 4.45. The summed E-state index contributed by atoms with van der Waals surface area (Å²) in [4.78, 5) is 8.59. The molecule has 0 aliphatic carbocycles. The summed E-state index contributed by atoms with van der Waals surface area (Å²) in [6.45, 7) is 0. The fraction of sp³-hybridized carbons (Fsp3) is 0. The molecule has 1 radical (unpaired) electrons. The van der Waals surface area contributed by atoms with Gasteiger partial charge in [-0.15, -0.1) is 0 Å². The molecule has 2 heterocycles. The molecule has 0 unspecified atom stereocenters. The molecule has 2 aromatic heterocycles. The van der Waals surface area contributed by atoms with Gasteiger partial charge in [0.2, 0.25) is 0 Å². The maximum absolute atomic E-state index is 4.31. The Kier molecular flexibility index (Phi) is 1.47. The minimum Gasteiger partial charge on any atom is -0.256 e. The number of hydrogen-bond donors (Lipinski definition) is 0. The van der Waals surface area contributed by atoms with Crippen molar-refractivity contribution in [1.82, 2.24) is 9.97 Å². The van der Waals surface area contributed by atoms with Crippen LogP contribution in [0.2, 0.25) is 0 Å². The summed E-state index contributed by atoms with van der Waals surface area (Å²) in [6.07, 6.45) is 3.48. The first kappa shape index (κ1) is 7.44. The Balaban J connectivity index is 2.61. The van der Waals surface area contributed by atoms with E-state index >= 15 is 0 Å². The van der Waals surface area contributed by atoms with Gasteiger partial charge in [-0.2, -0.15) is 0 Å². The van der Waals surface area contributed by atoms with Gasteiger partial charge in [0, 0.05) is 29.2 Å². The van der Waals surface area contributed by atoms with Gasteiger partial charge in [-0.05, 0) is 24.3 Å². The lowest BCUT2D eigenvalue weighted by atomic mass is 10.1. The van der Waals surface area contributed by atoms with E-state index in [1.54, 1.807) is 12.4 Å². The van der Waals surface area contributed by atoms with Crippen LogP contribution in [0.15, 0.2) is 42.7 Å². The van der Waals surface area contributed by atoms with Gasteiger partial charge in [-0.25, -0.2) is 0 Å². The average molecular weight is 179 g/mol. The zero-order valence-electron chi connectivity index (χ0n) is 7.44. The van der Waals surface area contributed by atoms with Crippen molar-refractivity contribution < 1.29 is 0 Å². The van der Waals surface area contributed by atoms with E-state index in [2.05, 4.69) is 16.0 Å². The molecular formula is C12H7N2. The lowest BCUT2D eigenvalue weighted by Gasteiger charge is -2.00. The quantitative estimate of drug-likeness (QED) is 0.496. The van der Waals surface area contributed by atoms with Gasteiger partial charge >= 0.3 is 0 Å². The highest BCUT2D eigenvalue weighted by Gasteiger charge is 1.99. The Morgan fingerprint density at radius 1 is 1.07 bits per heavy atom. The normalized spacial score (nSPS) is 10.9. The summed E-state index contributed by atoms with van der Waals surface area (Å²) in [5.74, 6) is 0. The zero-order valence-corrected chi connectivity index (χ0v) is 7.44. The van der Waals surface area contributed by atoms with Crippen LogP contribution in [0.3, 0.4) is 0 Å². The van der Waals surface area contributed by atoms with Gasteiger partial charge in [-0.3, -0.25) is 9.97 Å². The van der Waals surface area contributed by atoms with E-state index in [0.29, 0.717) is 0 Å². The number of fused-ring (bicyclic) bond motifs is 3. The third-order valence-corrected chi connectivity index (χ3v) is 2.29. The molecule has 1 aromatic carbocycles. The average Bonchev–Trinajstić information content (AvgIpc) is 2.29. The van der Waals surface area contributed by atoms with Crippen molar-refractivity contribution >= 4 is 21.8 Å². The zero-order chi connectivity index (χ0) is 9.38. The standard InChI is InChI=1S/C12H7N2/c1-3-9-5-6-11-10(4-2-7-13-11)12(9)14-8-1/h2-8H. The van der Waals surface area contributed by atoms with Crippen LogP contribution in [0.1, 0.15) is 0 Å². The van der Waals surface area contributed by atoms with Crippen LogP contribution >= 0.6 is 0 Å². The molecule has 0 fully saturated rings. The van der Waals surface area contributed by atoms with Crippen molar-refractivity contribution in [2.75, 3.05) is 0 Å². The van der Waals surface area contributed by atoms with Crippen LogP contribution in [0, 0.1) is 6.07 Å². The van der Waals surface area contributed by atoms with Crippen LogP contribution in [0.5, 0.6) is 0 Å². The molecule has 0 aliphatic rings. The van der Waals surface area contributed by atoms with Crippen molar-refractivity contribution in [2.24, 2.45) is 0 Å². The predicted molar refractivity (Wildman–Crippen MR) is 55.9 cm³/mol. The van der Waals surface area contributed by atoms with Crippen LogP contribution in [0.25, 0.3) is 21.8 Å². The van der Waals surface area contributed by atoms with E-state index in [1.165, 1.54) is 0 Å². The van der Waals surface area contributed by atoms with Crippen LogP contribution in [0.4, 0.5) is 0 Å². The predicted octanol–water partition coefficient (Wildman–Crippen LogP) is 2.58. The van der Waals surface area contributed by atoms with E-state index in [4.69, 9.17) is 0 Å². The largest absolute Gasteiger partial charge is 0.256 e. The second-order valence-corrected chi connectivity index (χ2v) is 3.14. The van der Waals surface area contributed by atoms with Crippen molar-refractivity contribution in [3.8, 4) is 0 Å². The Hall–Kier alpha value is -1.96. The summed E-state index contributed by atoms with van der Waals surface area (Å²) in [5, 5.41) is 2.20. The molecule has 0 N–H and O–H groups in total. The van der Waals surface area contributed by atoms with Crippen molar-refractivity contribution in [3.05, 3.63) is 48.8 Å². The Morgan fingerprint density at radius 2 is 2.07 bits per heavy atom. The van der Waals surface area contributed by atoms with Gasteiger partial charge in [-0.1, -0.05) is 6.07 Å². The molecule has 0 saturated heterocycles. The number of nitrogens with zero attached hydrogens (tertiary/aromatic N) is 2. The molecule has 2 heteroatoms. The van der Waals surface area contributed by atoms with E-state index in [-0.39, 0.29) is 0 Å². The van der Waals surface area contributed by atoms with Gasteiger partial charge < -0.3 is 0 Å². The smallest absolute Gasteiger partial charge is 0.0796 e. The van der Waals surface area contributed by atoms with Gasteiger partial charge in [0.15, 0.2) is 0 Å². The molecular weight excluding hydrogens is 172 g/mol. The molecule has 0 saturated carbocycles. The Morgan fingerprint density at radius 3 is 3.07 bits per heavy atom. The van der Waals surface area contributed by atoms with Gasteiger partial charge in [0.25, 0.3) is 0 Å². The van der Waals surface area contributed by atoms with Crippen LogP contribution in [-0.4, -0.2) is 9.97 Å². The van der Waals surface area contributed by atoms with E-state index in [1.807, 2.05) is 30.3 Å². The second-order valence-electron chi connectivity index (χ2n) is 3.14. The second kappa shape index (κ2) is 2.77. The Bertz CT molecular complexity index is 547. The summed E-state index contributed by atoms with van der Waals surface area (Å²) in [7, 11) is 0. The van der Waals surface area contributed by atoms with E-state index in [9.17, 15) is 0 Å². The van der Waals surface area contributed by atoms with Crippen LogP contribution in [-0.2, 0) is 0 Å². The minimum absolute atomic E-state index is 0.985. The summed E-state index contributed by atoms with van der Waals surface area (Å²) in [6, 6.07) is 12.9. The molecule has 3 aromatic rings. The minimum atomic E-state index is 0.985. The third kappa shape index (κ3) is 0.973. The molecule has 0 aliphatic heterocycles. The number of pyridine rings is 2. The monoisotopic (exact) mass is 179 g/mol. The fourth-order valence-corrected chi connectivity index (χ4v) is 1.64. The highest BCUT2D eigenvalue weighted by atomic mass is 14.7. The van der Waals surface area contributed by atoms with Crippen molar-refractivity contribution in [2.45, 2.75) is 0 Å². The molecule has 2 nitrogen and oxygen atoms in total. The number of rotatable bonds is 0. The number of aromatic nitrogens is 2. The maximum atomic E-state index is 4.31. The summed E-state index contributed by atoms with van der Waals surface area (Å²) in [5.41, 5.74) is 1.98. The molecule has 0 bridgehead atoms. The lowest BCUT2D eigenvalue weighted by Crippen LogP contribution is -1.82. The Labute approximate surface area is 81.2 Å². The lowest BCUT2D eigenvalue weighted by molar-refractivity contribution is 1.39. The molecule has 65 valence electrons. The number of hydrogen-bond acceptors (Lipinski definition) is 2. The SMILES string of the molecule is [c]1cnc2c(c1)ccc1ncccc12. The summed E-state index contributed by atoms with van der Waals surface area (Å²) < 4.78 is 0. The highest BCUT2D eigenvalue weighted by Crippen LogP contribution is 2.20. The molecule has 3 rings (SSSR count). The number of benzene rings is 1.